The molecule has 2 rings (SSSR count). The molecule has 19 heavy (non-hydrogen) atoms. The molecule has 1 saturated heterocycles. The van der Waals surface area contributed by atoms with Crippen molar-refractivity contribution in [3.05, 3.63) is 28.7 Å². The maximum Gasteiger partial charge on any atom is 0.244 e. The van der Waals surface area contributed by atoms with Crippen molar-refractivity contribution in [2.24, 2.45) is 0 Å². The number of ether oxygens (including phenoxy) is 1. The summed E-state index contributed by atoms with van der Waals surface area (Å²) in [5.74, 6) is 0. The van der Waals surface area contributed by atoms with Gasteiger partial charge in [-0.1, -0.05) is 38.5 Å². The van der Waals surface area contributed by atoms with E-state index in [2.05, 4.69) is 38.5 Å². The number of hydrogen-bond acceptors (Lipinski definition) is 3. The molecule has 1 atom stereocenters. The predicted molar refractivity (Wildman–Crippen MR) is 85.9 cm³/mol. The molecule has 7 heteroatoms. The number of sulfonamides is 1. The first-order chi connectivity index (χ1) is 8.90. The van der Waals surface area contributed by atoms with Gasteiger partial charge in [-0.05, 0) is 37.1 Å². The molecule has 106 valence electrons. The number of methoxy groups -OCH3 is 1. The van der Waals surface area contributed by atoms with Crippen LogP contribution in [0.5, 0.6) is 0 Å². The maximum atomic E-state index is 12.7. The van der Waals surface area contributed by atoms with E-state index in [9.17, 15) is 8.42 Å². The van der Waals surface area contributed by atoms with Crippen molar-refractivity contribution < 1.29 is 13.2 Å². The van der Waals surface area contributed by atoms with Crippen LogP contribution in [0.25, 0.3) is 0 Å². The van der Waals surface area contributed by atoms with Crippen LogP contribution in [-0.2, 0) is 14.8 Å². The topological polar surface area (TPSA) is 46.6 Å². The smallest absolute Gasteiger partial charge is 0.244 e. The average Bonchev–Trinajstić information content (AvgIpc) is 2.73. The maximum absolute atomic E-state index is 12.7. The summed E-state index contributed by atoms with van der Waals surface area (Å²) < 4.78 is 32.5. The molecule has 1 aliphatic rings. The summed E-state index contributed by atoms with van der Waals surface area (Å²) in [5.41, 5.74) is 0. The fraction of sp³-hybridized carbons (Fsp3) is 0.500. The highest BCUT2D eigenvalue weighted by Gasteiger charge is 2.45. The molecule has 4 nitrogen and oxygen atoms in total. The van der Waals surface area contributed by atoms with Crippen LogP contribution >= 0.6 is 38.5 Å². The van der Waals surface area contributed by atoms with Crippen molar-refractivity contribution in [3.63, 3.8) is 0 Å². The zero-order valence-corrected chi connectivity index (χ0v) is 15.0. The fourth-order valence-electron chi connectivity index (χ4n) is 2.25. The van der Waals surface area contributed by atoms with Crippen LogP contribution in [0.4, 0.5) is 0 Å². The van der Waals surface area contributed by atoms with Gasteiger partial charge in [-0.3, -0.25) is 0 Å². The van der Waals surface area contributed by atoms with Gasteiger partial charge in [0.2, 0.25) is 10.0 Å². The lowest BCUT2D eigenvalue weighted by atomic mass is 10.2. The number of halogens is 2. The molecule has 1 heterocycles. The van der Waals surface area contributed by atoms with Gasteiger partial charge in [0.1, 0.15) is 3.55 Å². The summed E-state index contributed by atoms with van der Waals surface area (Å²) in [5, 5.41) is 0. The van der Waals surface area contributed by atoms with Crippen molar-refractivity contribution in [1.82, 2.24) is 4.31 Å². The molecule has 1 fully saturated rings. The molecular weight excluding hydrogens is 445 g/mol. The van der Waals surface area contributed by atoms with E-state index in [1.807, 2.05) is 0 Å². The van der Waals surface area contributed by atoms with E-state index in [1.165, 1.54) is 0 Å². The van der Waals surface area contributed by atoms with Gasteiger partial charge < -0.3 is 4.74 Å². The molecule has 1 aromatic rings. The third-order valence-electron chi connectivity index (χ3n) is 3.14. The Morgan fingerprint density at radius 1 is 1.42 bits per heavy atom. The summed E-state index contributed by atoms with van der Waals surface area (Å²) in [4.78, 5) is 0.328. The SMILES string of the molecule is COCC1(I)CCCN1S(=O)(=O)c1ccc(Br)cc1. The van der Waals surface area contributed by atoms with E-state index >= 15 is 0 Å². The zero-order valence-electron chi connectivity index (χ0n) is 10.5. The Hall–Kier alpha value is 0.300. The molecule has 0 amide bonds. The lowest BCUT2D eigenvalue weighted by Gasteiger charge is -2.31. The molecule has 0 radical (unpaired) electrons. The van der Waals surface area contributed by atoms with Gasteiger partial charge in [0.05, 0.1) is 11.5 Å². The lowest BCUT2D eigenvalue weighted by molar-refractivity contribution is 0.141. The lowest BCUT2D eigenvalue weighted by Crippen LogP contribution is -2.45. The van der Waals surface area contributed by atoms with E-state index < -0.39 is 13.6 Å². The van der Waals surface area contributed by atoms with Gasteiger partial charge in [0.15, 0.2) is 0 Å². The van der Waals surface area contributed by atoms with Gasteiger partial charge in [-0.2, -0.15) is 4.31 Å². The number of hydrogen-bond donors (Lipinski definition) is 0. The van der Waals surface area contributed by atoms with E-state index in [-0.39, 0.29) is 0 Å². The molecule has 0 spiro atoms. The van der Waals surface area contributed by atoms with Gasteiger partial charge in [0, 0.05) is 18.1 Å². The molecule has 0 aliphatic carbocycles. The largest absolute Gasteiger partial charge is 0.382 e. The Morgan fingerprint density at radius 3 is 2.63 bits per heavy atom. The molecule has 1 aliphatic heterocycles. The van der Waals surface area contributed by atoms with Crippen LogP contribution in [0.2, 0.25) is 0 Å². The first kappa shape index (κ1) is 15.7. The fourth-order valence-corrected chi connectivity index (χ4v) is 5.91. The number of benzene rings is 1. The van der Waals surface area contributed by atoms with Crippen LogP contribution in [0.15, 0.2) is 33.6 Å². The molecule has 0 N–H and O–H groups in total. The number of rotatable bonds is 4. The molecule has 0 aromatic heterocycles. The van der Waals surface area contributed by atoms with Crippen LogP contribution in [0.1, 0.15) is 12.8 Å². The standard InChI is InChI=1S/C12H15BrINO3S/c1-18-9-12(14)7-2-8-15(12)19(16,17)11-5-3-10(13)4-6-11/h3-6H,2,7-9H2,1H3. The number of nitrogens with zero attached hydrogens (tertiary/aromatic N) is 1. The minimum Gasteiger partial charge on any atom is -0.382 e. The summed E-state index contributed by atoms with van der Waals surface area (Å²) in [6.45, 7) is 0.952. The number of alkyl halides is 1. The van der Waals surface area contributed by atoms with Crippen molar-refractivity contribution in [1.29, 1.82) is 0 Å². The summed E-state index contributed by atoms with van der Waals surface area (Å²) in [6.07, 6.45) is 1.68. The second-order valence-corrected chi connectivity index (χ2v) is 9.27. The quantitative estimate of drug-likeness (QED) is 0.395. The highest BCUT2D eigenvalue weighted by molar-refractivity contribution is 14.1. The molecule has 0 bridgehead atoms. The Morgan fingerprint density at radius 2 is 2.05 bits per heavy atom. The minimum atomic E-state index is -3.46. The van der Waals surface area contributed by atoms with Gasteiger partial charge >= 0.3 is 0 Å². The van der Waals surface area contributed by atoms with Crippen LogP contribution < -0.4 is 0 Å². The Bertz CT molecular complexity index is 549. The molecule has 1 aromatic carbocycles. The summed E-state index contributed by atoms with van der Waals surface area (Å²) >= 11 is 5.51. The Kier molecular flexibility index (Phi) is 4.92. The van der Waals surface area contributed by atoms with E-state index in [0.717, 1.165) is 17.3 Å². The molecular formula is C12H15BrINO3S. The first-order valence-electron chi connectivity index (χ1n) is 5.86. The van der Waals surface area contributed by atoms with E-state index in [0.29, 0.717) is 18.0 Å². The normalized spacial score (nSPS) is 24.8. The summed E-state index contributed by atoms with van der Waals surface area (Å²) in [7, 11) is -1.86. The minimum absolute atomic E-state index is 0.328. The predicted octanol–water partition coefficient (Wildman–Crippen LogP) is 3.01. The van der Waals surface area contributed by atoms with Crippen molar-refractivity contribution >= 4 is 48.5 Å². The van der Waals surface area contributed by atoms with Crippen LogP contribution in [0.3, 0.4) is 0 Å². The summed E-state index contributed by atoms with van der Waals surface area (Å²) in [6, 6.07) is 6.74. The van der Waals surface area contributed by atoms with Gasteiger partial charge in [0.25, 0.3) is 0 Å². The van der Waals surface area contributed by atoms with Crippen LogP contribution in [-0.4, -0.2) is 36.5 Å². The van der Waals surface area contributed by atoms with E-state index in [1.54, 1.807) is 35.7 Å². The highest BCUT2D eigenvalue weighted by Crippen LogP contribution is 2.40. The molecule has 0 saturated carbocycles. The highest BCUT2D eigenvalue weighted by atomic mass is 127. The Labute approximate surface area is 135 Å². The van der Waals surface area contributed by atoms with Crippen molar-refractivity contribution in [2.75, 3.05) is 20.3 Å². The first-order valence-corrected chi connectivity index (χ1v) is 9.18. The average molecular weight is 460 g/mol. The van der Waals surface area contributed by atoms with Crippen molar-refractivity contribution in [2.45, 2.75) is 21.3 Å². The van der Waals surface area contributed by atoms with Crippen molar-refractivity contribution in [3.8, 4) is 0 Å². The zero-order chi connectivity index (χ0) is 14.1. The van der Waals surface area contributed by atoms with Gasteiger partial charge in [-0.25, -0.2) is 8.42 Å². The monoisotopic (exact) mass is 459 g/mol. The second-order valence-electron chi connectivity index (χ2n) is 4.49. The second kappa shape index (κ2) is 5.97. The van der Waals surface area contributed by atoms with Gasteiger partial charge in [-0.15, -0.1) is 0 Å². The van der Waals surface area contributed by atoms with Crippen LogP contribution in [0, 0.1) is 0 Å². The third kappa shape index (κ3) is 3.15. The molecule has 1 unspecified atom stereocenters. The third-order valence-corrected chi connectivity index (χ3v) is 7.40. The van der Waals surface area contributed by atoms with E-state index in [4.69, 9.17) is 4.74 Å². The Balaban J connectivity index is 2.36.